The quantitative estimate of drug-likeness (QED) is 0.286. The summed E-state index contributed by atoms with van der Waals surface area (Å²) in [6.07, 6.45) is -0.134. The fourth-order valence-electron chi connectivity index (χ4n) is 3.09. The highest BCUT2D eigenvalue weighted by Gasteiger charge is 2.30. The van der Waals surface area contributed by atoms with Crippen LogP contribution in [-0.4, -0.2) is 5.11 Å². The summed E-state index contributed by atoms with van der Waals surface area (Å²) in [5.41, 5.74) is 1.43. The molecule has 1 N–H and O–H groups in total. The van der Waals surface area contributed by atoms with E-state index in [0.29, 0.717) is 29.4 Å². The zero-order valence-electron chi connectivity index (χ0n) is 17.3. The summed E-state index contributed by atoms with van der Waals surface area (Å²) >= 11 is 0. The molecule has 0 aromatic heterocycles. The monoisotopic (exact) mass is 446 g/mol. The van der Waals surface area contributed by atoms with Crippen molar-refractivity contribution in [1.29, 1.82) is 0 Å². The molecule has 0 aliphatic carbocycles. The highest BCUT2D eigenvalue weighted by molar-refractivity contribution is 7.53. The van der Waals surface area contributed by atoms with Crippen LogP contribution in [0, 0.1) is 0 Å². The van der Waals surface area contributed by atoms with Crippen molar-refractivity contribution >= 4 is 7.60 Å². The summed E-state index contributed by atoms with van der Waals surface area (Å²) in [5, 5.41) is 10.4. The Hall–Kier alpha value is -3.69. The number of phenolic OH excluding ortho intramolecular Hbond substituents is 1. The molecule has 0 radical (unpaired) electrons. The number of benzene rings is 4. The Kier molecular flexibility index (Phi) is 6.78. The average Bonchev–Trinajstić information content (AvgIpc) is 2.81. The Morgan fingerprint density at radius 2 is 1.19 bits per heavy atom. The Balaban J connectivity index is 1.57. The summed E-state index contributed by atoms with van der Waals surface area (Å²) in [6, 6.07) is 32.3. The Bertz CT molecular complexity index is 1140. The van der Waals surface area contributed by atoms with Crippen LogP contribution in [0.5, 0.6) is 23.0 Å². The van der Waals surface area contributed by atoms with Crippen LogP contribution in [-0.2, 0) is 17.3 Å². The number of rotatable bonds is 9. The van der Waals surface area contributed by atoms with Crippen LogP contribution in [0.4, 0.5) is 0 Å². The van der Waals surface area contributed by atoms with Gasteiger partial charge < -0.3 is 18.9 Å². The van der Waals surface area contributed by atoms with Crippen molar-refractivity contribution in [2.45, 2.75) is 12.8 Å². The molecule has 4 aromatic rings. The first-order valence-corrected chi connectivity index (χ1v) is 11.9. The van der Waals surface area contributed by atoms with E-state index in [9.17, 15) is 9.67 Å². The van der Waals surface area contributed by atoms with Crippen molar-refractivity contribution in [2.75, 3.05) is 0 Å². The van der Waals surface area contributed by atoms with Gasteiger partial charge in [-0.05, 0) is 48.0 Å². The number of hydrogen-bond donors (Lipinski definition) is 1. The van der Waals surface area contributed by atoms with E-state index < -0.39 is 7.60 Å². The smallest absolute Gasteiger partial charge is 0.435 e. The van der Waals surface area contributed by atoms with Gasteiger partial charge >= 0.3 is 7.60 Å². The number of phenols is 1. The molecular formula is C26H23O5P. The molecule has 0 bridgehead atoms. The molecule has 0 saturated carbocycles. The van der Waals surface area contributed by atoms with Gasteiger partial charge in [-0.1, -0.05) is 66.7 Å². The highest BCUT2D eigenvalue weighted by Crippen LogP contribution is 2.52. The lowest BCUT2D eigenvalue weighted by Gasteiger charge is -2.21. The van der Waals surface area contributed by atoms with E-state index in [-0.39, 0.29) is 11.9 Å². The van der Waals surface area contributed by atoms with Gasteiger partial charge in [0.05, 0.1) is 0 Å². The second-order valence-corrected chi connectivity index (χ2v) is 9.05. The zero-order chi connectivity index (χ0) is 22.2. The van der Waals surface area contributed by atoms with Gasteiger partial charge in [0.25, 0.3) is 0 Å². The minimum atomic E-state index is -3.72. The van der Waals surface area contributed by atoms with Crippen molar-refractivity contribution in [3.05, 3.63) is 120 Å². The normalized spacial score (nSPS) is 11.0. The van der Waals surface area contributed by atoms with Crippen LogP contribution in [0.3, 0.4) is 0 Å². The number of aromatic hydroxyl groups is 1. The standard InChI is InChI=1S/C26H23O5P/c27-26-17-16-25(29-19-21-10-4-1-5-11-21)18-22(26)20-32(28,30-23-12-6-2-7-13-23)31-24-14-8-3-9-15-24/h1-18,27H,19-20H2. The van der Waals surface area contributed by atoms with Gasteiger partial charge in [0.15, 0.2) is 0 Å². The second-order valence-electron chi connectivity index (χ2n) is 7.14. The first-order valence-electron chi connectivity index (χ1n) is 10.2. The number of hydrogen-bond acceptors (Lipinski definition) is 5. The maximum Gasteiger partial charge on any atom is 0.435 e. The summed E-state index contributed by atoms with van der Waals surface area (Å²) in [4.78, 5) is 0. The van der Waals surface area contributed by atoms with Gasteiger partial charge in [0.1, 0.15) is 35.8 Å². The van der Waals surface area contributed by atoms with Gasteiger partial charge in [-0.15, -0.1) is 0 Å². The number of para-hydroxylation sites is 2. The molecule has 4 rings (SSSR count). The summed E-state index contributed by atoms with van der Waals surface area (Å²) in [7, 11) is -3.72. The molecule has 0 aliphatic heterocycles. The molecule has 0 spiro atoms. The lowest BCUT2D eigenvalue weighted by Crippen LogP contribution is -2.05. The van der Waals surface area contributed by atoms with Crippen molar-refractivity contribution in [3.63, 3.8) is 0 Å². The molecule has 0 amide bonds. The molecule has 0 fully saturated rings. The molecule has 0 aliphatic rings. The lowest BCUT2D eigenvalue weighted by atomic mass is 10.2. The Morgan fingerprint density at radius 3 is 1.75 bits per heavy atom. The molecule has 6 heteroatoms. The molecule has 0 unspecified atom stereocenters. The van der Waals surface area contributed by atoms with Crippen molar-refractivity contribution in [3.8, 4) is 23.0 Å². The molecule has 5 nitrogen and oxygen atoms in total. The Morgan fingerprint density at radius 1 is 0.656 bits per heavy atom. The molecule has 0 atom stereocenters. The molecule has 4 aromatic carbocycles. The van der Waals surface area contributed by atoms with E-state index >= 15 is 0 Å². The van der Waals surface area contributed by atoms with Crippen LogP contribution in [0.2, 0.25) is 0 Å². The fraction of sp³-hybridized carbons (Fsp3) is 0.0769. The fourth-order valence-corrected chi connectivity index (χ4v) is 4.82. The molecule has 32 heavy (non-hydrogen) atoms. The Labute approximate surface area is 187 Å². The van der Waals surface area contributed by atoms with Crippen LogP contribution in [0.15, 0.2) is 109 Å². The summed E-state index contributed by atoms with van der Waals surface area (Å²) in [6.45, 7) is 0.379. The lowest BCUT2D eigenvalue weighted by molar-refractivity contribution is 0.305. The van der Waals surface area contributed by atoms with Gasteiger partial charge in [-0.2, -0.15) is 0 Å². The van der Waals surface area contributed by atoms with E-state index in [1.807, 2.05) is 42.5 Å². The summed E-state index contributed by atoms with van der Waals surface area (Å²) in [5.74, 6) is 1.38. The predicted molar refractivity (Wildman–Crippen MR) is 124 cm³/mol. The van der Waals surface area contributed by atoms with Crippen molar-refractivity contribution in [1.82, 2.24) is 0 Å². The van der Waals surface area contributed by atoms with E-state index in [0.717, 1.165) is 5.56 Å². The van der Waals surface area contributed by atoms with Gasteiger partial charge in [0.2, 0.25) is 0 Å². The molecular weight excluding hydrogens is 423 g/mol. The summed E-state index contributed by atoms with van der Waals surface area (Å²) < 4.78 is 31.3. The van der Waals surface area contributed by atoms with Crippen LogP contribution in [0.1, 0.15) is 11.1 Å². The second kappa shape index (κ2) is 10.1. The van der Waals surface area contributed by atoms with Crippen molar-refractivity contribution in [2.24, 2.45) is 0 Å². The number of ether oxygens (including phenoxy) is 1. The maximum atomic E-state index is 13.8. The topological polar surface area (TPSA) is 65.0 Å². The van der Waals surface area contributed by atoms with E-state index in [2.05, 4.69) is 0 Å². The first-order chi connectivity index (χ1) is 15.6. The third-order valence-corrected chi connectivity index (χ3v) is 6.34. The maximum absolute atomic E-state index is 13.8. The van der Waals surface area contributed by atoms with E-state index in [1.165, 1.54) is 6.07 Å². The molecule has 0 heterocycles. The van der Waals surface area contributed by atoms with E-state index in [4.69, 9.17) is 13.8 Å². The molecule has 0 saturated heterocycles. The third kappa shape index (κ3) is 5.93. The van der Waals surface area contributed by atoms with Crippen LogP contribution in [0.25, 0.3) is 0 Å². The minimum absolute atomic E-state index is 0.00869. The predicted octanol–water partition coefficient (Wildman–Crippen LogP) is 6.82. The van der Waals surface area contributed by atoms with E-state index in [1.54, 1.807) is 60.7 Å². The third-order valence-electron chi connectivity index (χ3n) is 4.64. The van der Waals surface area contributed by atoms with Crippen molar-refractivity contribution < 1.29 is 23.5 Å². The zero-order valence-corrected chi connectivity index (χ0v) is 18.2. The first kappa shape index (κ1) is 21.5. The van der Waals surface area contributed by atoms with Crippen LogP contribution < -0.4 is 13.8 Å². The van der Waals surface area contributed by atoms with Gasteiger partial charge in [-0.25, -0.2) is 4.57 Å². The largest absolute Gasteiger partial charge is 0.508 e. The average molecular weight is 446 g/mol. The van der Waals surface area contributed by atoms with Crippen LogP contribution >= 0.6 is 7.60 Å². The SMILES string of the molecule is O=P(Cc1cc(OCc2ccccc2)ccc1O)(Oc1ccccc1)Oc1ccccc1. The van der Waals surface area contributed by atoms with Gasteiger partial charge in [0, 0.05) is 5.56 Å². The molecule has 162 valence electrons. The van der Waals surface area contributed by atoms with Gasteiger partial charge in [-0.3, -0.25) is 0 Å². The highest BCUT2D eigenvalue weighted by atomic mass is 31.2. The minimum Gasteiger partial charge on any atom is -0.508 e.